The van der Waals surface area contributed by atoms with Crippen molar-refractivity contribution in [2.75, 3.05) is 19.6 Å². The molecule has 1 amide bonds. The summed E-state index contributed by atoms with van der Waals surface area (Å²) in [4.78, 5) is 14.8. The first-order valence-corrected chi connectivity index (χ1v) is 9.07. The number of amides is 1. The van der Waals surface area contributed by atoms with E-state index in [0.717, 1.165) is 6.07 Å². The lowest BCUT2D eigenvalue weighted by atomic mass is 9.89. The third kappa shape index (κ3) is 3.12. The van der Waals surface area contributed by atoms with E-state index in [1.807, 2.05) is 23.1 Å². The molecule has 1 aliphatic carbocycles. The van der Waals surface area contributed by atoms with Crippen molar-refractivity contribution in [3.05, 3.63) is 71.3 Å². The van der Waals surface area contributed by atoms with Gasteiger partial charge in [-0.3, -0.25) is 4.79 Å². The van der Waals surface area contributed by atoms with Gasteiger partial charge < -0.3 is 10.6 Å². The molecule has 5 heteroatoms. The minimum Gasteiger partial charge on any atom is -0.341 e. The number of halogens is 2. The molecule has 1 heterocycles. The number of hydrogen-bond acceptors (Lipinski definition) is 2. The summed E-state index contributed by atoms with van der Waals surface area (Å²) in [7, 11) is 0. The summed E-state index contributed by atoms with van der Waals surface area (Å²) in [5.41, 5.74) is 7.59. The molecule has 2 unspecified atom stereocenters. The zero-order chi connectivity index (χ0) is 18.3. The van der Waals surface area contributed by atoms with E-state index in [0.29, 0.717) is 31.6 Å². The third-order valence-electron chi connectivity index (χ3n) is 5.75. The number of carbonyl (C=O) groups is 1. The van der Waals surface area contributed by atoms with E-state index in [4.69, 9.17) is 5.73 Å². The summed E-state index contributed by atoms with van der Waals surface area (Å²) in [5.74, 6) is -0.959. The molecule has 2 aromatic rings. The number of nitrogens with zero attached hydrogens (tertiary/aromatic N) is 1. The van der Waals surface area contributed by atoms with Gasteiger partial charge in [-0.1, -0.05) is 36.4 Å². The topological polar surface area (TPSA) is 46.3 Å². The highest BCUT2D eigenvalue weighted by molar-refractivity contribution is 5.83. The maximum atomic E-state index is 14.0. The van der Waals surface area contributed by atoms with Crippen LogP contribution in [0.2, 0.25) is 0 Å². The van der Waals surface area contributed by atoms with Crippen molar-refractivity contribution in [3.8, 4) is 0 Å². The van der Waals surface area contributed by atoms with Crippen LogP contribution in [0.1, 0.15) is 29.4 Å². The van der Waals surface area contributed by atoms with Gasteiger partial charge in [0.15, 0.2) is 0 Å². The van der Waals surface area contributed by atoms with Crippen LogP contribution >= 0.6 is 0 Å². The van der Waals surface area contributed by atoms with Crippen LogP contribution in [0.3, 0.4) is 0 Å². The molecule has 0 spiro atoms. The SMILES string of the molecule is NC[C@@H]1CN(C(=O)C2CC2c2ccc(F)cc2F)C[C@H]1c1ccccc1. The van der Waals surface area contributed by atoms with E-state index >= 15 is 0 Å². The van der Waals surface area contributed by atoms with Crippen LogP contribution < -0.4 is 5.73 Å². The Labute approximate surface area is 151 Å². The number of benzene rings is 2. The fourth-order valence-corrected chi connectivity index (χ4v) is 4.22. The molecule has 3 nitrogen and oxygen atoms in total. The lowest BCUT2D eigenvalue weighted by Crippen LogP contribution is -2.31. The Bertz CT molecular complexity index is 811. The van der Waals surface area contributed by atoms with Crippen molar-refractivity contribution in [2.24, 2.45) is 17.6 Å². The number of likely N-dealkylation sites (tertiary alicyclic amines) is 1. The molecule has 26 heavy (non-hydrogen) atoms. The predicted octanol–water partition coefficient (Wildman–Crippen LogP) is 3.27. The molecule has 136 valence electrons. The number of carbonyl (C=O) groups excluding carboxylic acids is 1. The number of rotatable bonds is 4. The summed E-state index contributed by atoms with van der Waals surface area (Å²) >= 11 is 0. The van der Waals surface area contributed by atoms with Crippen molar-refractivity contribution in [1.29, 1.82) is 0 Å². The molecule has 1 aliphatic heterocycles. The van der Waals surface area contributed by atoms with Crippen LogP contribution in [-0.2, 0) is 4.79 Å². The van der Waals surface area contributed by atoms with E-state index in [2.05, 4.69) is 12.1 Å². The smallest absolute Gasteiger partial charge is 0.226 e. The van der Waals surface area contributed by atoms with Gasteiger partial charge in [0.05, 0.1) is 0 Å². The lowest BCUT2D eigenvalue weighted by Gasteiger charge is -2.17. The third-order valence-corrected chi connectivity index (χ3v) is 5.75. The Hall–Kier alpha value is -2.27. The normalized spacial score (nSPS) is 27.6. The largest absolute Gasteiger partial charge is 0.341 e. The zero-order valence-electron chi connectivity index (χ0n) is 14.4. The van der Waals surface area contributed by atoms with Crippen LogP contribution in [0.15, 0.2) is 48.5 Å². The summed E-state index contributed by atoms with van der Waals surface area (Å²) in [6.45, 7) is 1.83. The van der Waals surface area contributed by atoms with Crippen LogP contribution in [-0.4, -0.2) is 30.4 Å². The second-order valence-electron chi connectivity index (χ2n) is 7.37. The molecule has 4 atom stereocenters. The van der Waals surface area contributed by atoms with E-state index in [1.54, 1.807) is 0 Å². The molecule has 2 N–H and O–H groups in total. The Kier molecular flexibility index (Phi) is 4.49. The summed E-state index contributed by atoms with van der Waals surface area (Å²) < 4.78 is 27.1. The molecule has 2 aromatic carbocycles. The first-order chi connectivity index (χ1) is 12.6. The molecule has 1 saturated carbocycles. The van der Waals surface area contributed by atoms with Crippen LogP contribution in [0.25, 0.3) is 0 Å². The van der Waals surface area contributed by atoms with Crippen molar-refractivity contribution >= 4 is 5.91 Å². The molecule has 0 bridgehead atoms. The summed E-state index contributed by atoms with van der Waals surface area (Å²) in [5, 5.41) is 0. The van der Waals surface area contributed by atoms with E-state index in [-0.39, 0.29) is 29.6 Å². The minimum atomic E-state index is -0.592. The minimum absolute atomic E-state index is 0.0654. The Balaban J connectivity index is 1.46. The molecule has 1 saturated heterocycles. The maximum absolute atomic E-state index is 14.0. The second-order valence-corrected chi connectivity index (χ2v) is 7.37. The second kappa shape index (κ2) is 6.80. The van der Waals surface area contributed by atoms with Crippen molar-refractivity contribution < 1.29 is 13.6 Å². The quantitative estimate of drug-likeness (QED) is 0.914. The van der Waals surface area contributed by atoms with Crippen molar-refractivity contribution in [3.63, 3.8) is 0 Å². The zero-order valence-corrected chi connectivity index (χ0v) is 14.4. The average molecular weight is 356 g/mol. The molecule has 2 fully saturated rings. The maximum Gasteiger partial charge on any atom is 0.226 e. The monoisotopic (exact) mass is 356 g/mol. The fraction of sp³-hybridized carbons (Fsp3) is 0.381. The highest BCUT2D eigenvalue weighted by atomic mass is 19.1. The van der Waals surface area contributed by atoms with Gasteiger partial charge in [0.1, 0.15) is 11.6 Å². The predicted molar refractivity (Wildman–Crippen MR) is 95.5 cm³/mol. The standard InChI is InChI=1S/C21H22F2N2O/c22-15-6-7-16(20(23)8-15)17-9-18(17)21(26)25-11-14(10-24)19(12-25)13-4-2-1-3-5-13/h1-8,14,17-19H,9-12,24H2/t14-,17?,18?,19+/m1/s1. The lowest BCUT2D eigenvalue weighted by molar-refractivity contribution is -0.131. The Morgan fingerprint density at radius 2 is 1.85 bits per heavy atom. The van der Waals surface area contributed by atoms with Crippen LogP contribution in [0.5, 0.6) is 0 Å². The molecule has 0 aromatic heterocycles. The number of nitrogens with two attached hydrogens (primary N) is 1. The van der Waals surface area contributed by atoms with Crippen LogP contribution in [0, 0.1) is 23.5 Å². The van der Waals surface area contributed by atoms with Gasteiger partial charge in [-0.15, -0.1) is 0 Å². The first-order valence-electron chi connectivity index (χ1n) is 9.07. The van der Waals surface area contributed by atoms with Gasteiger partial charge in [0.2, 0.25) is 5.91 Å². The highest BCUT2D eigenvalue weighted by Gasteiger charge is 2.49. The molecule has 4 rings (SSSR count). The Morgan fingerprint density at radius 1 is 1.08 bits per heavy atom. The fourth-order valence-electron chi connectivity index (χ4n) is 4.22. The van der Waals surface area contributed by atoms with Gasteiger partial charge in [0, 0.05) is 31.0 Å². The number of hydrogen-bond donors (Lipinski definition) is 1. The van der Waals surface area contributed by atoms with E-state index in [1.165, 1.54) is 17.7 Å². The highest BCUT2D eigenvalue weighted by Crippen LogP contribution is 2.50. The van der Waals surface area contributed by atoms with Gasteiger partial charge in [-0.2, -0.15) is 0 Å². The van der Waals surface area contributed by atoms with Gasteiger partial charge in [-0.05, 0) is 42.0 Å². The molecule has 2 aliphatic rings. The van der Waals surface area contributed by atoms with Crippen molar-refractivity contribution in [2.45, 2.75) is 18.3 Å². The van der Waals surface area contributed by atoms with Gasteiger partial charge in [-0.25, -0.2) is 8.78 Å². The Morgan fingerprint density at radius 3 is 2.54 bits per heavy atom. The summed E-state index contributed by atoms with van der Waals surface area (Å²) in [6.07, 6.45) is 0.626. The molecule has 0 radical (unpaired) electrons. The van der Waals surface area contributed by atoms with Crippen LogP contribution in [0.4, 0.5) is 8.78 Å². The molecular formula is C21H22F2N2O. The van der Waals surface area contributed by atoms with E-state index in [9.17, 15) is 13.6 Å². The van der Waals surface area contributed by atoms with Gasteiger partial charge >= 0.3 is 0 Å². The van der Waals surface area contributed by atoms with Gasteiger partial charge in [0.25, 0.3) is 0 Å². The summed E-state index contributed by atoms with van der Waals surface area (Å²) in [6, 6.07) is 13.7. The van der Waals surface area contributed by atoms with Crippen molar-refractivity contribution in [1.82, 2.24) is 4.90 Å². The first kappa shape index (κ1) is 17.2. The molecular weight excluding hydrogens is 334 g/mol. The average Bonchev–Trinajstić information content (AvgIpc) is 3.31. The van der Waals surface area contributed by atoms with E-state index < -0.39 is 11.6 Å².